The minimum Gasteiger partial charge on any atom is -0.492 e. The first-order valence-corrected chi connectivity index (χ1v) is 8.78. The fraction of sp³-hybridized carbons (Fsp3) is 0.500. The molecular formula is C20H28N2O2. The Kier molecular flexibility index (Phi) is 5.59. The first-order chi connectivity index (χ1) is 11.6. The Labute approximate surface area is 144 Å². The summed E-state index contributed by atoms with van der Waals surface area (Å²) in [5.41, 5.74) is 1.18. The van der Waals surface area contributed by atoms with Gasteiger partial charge in [-0.1, -0.05) is 25.1 Å². The zero-order chi connectivity index (χ0) is 16.9. The number of benzene rings is 1. The van der Waals surface area contributed by atoms with Crippen molar-refractivity contribution in [1.82, 2.24) is 10.2 Å². The molecule has 130 valence electrons. The Morgan fingerprint density at radius 3 is 2.71 bits per heavy atom. The fourth-order valence-corrected chi connectivity index (χ4v) is 2.86. The Hall–Kier alpha value is -1.78. The van der Waals surface area contributed by atoms with E-state index in [0.29, 0.717) is 12.5 Å². The lowest BCUT2D eigenvalue weighted by Crippen LogP contribution is -2.20. The minimum atomic E-state index is 0.643. The van der Waals surface area contributed by atoms with Crippen LogP contribution in [0.3, 0.4) is 0 Å². The van der Waals surface area contributed by atoms with Crippen LogP contribution >= 0.6 is 0 Å². The molecule has 0 spiro atoms. The van der Waals surface area contributed by atoms with Gasteiger partial charge in [0.15, 0.2) is 0 Å². The molecule has 1 heterocycles. The molecule has 0 bridgehead atoms. The number of nitrogens with one attached hydrogen (secondary N) is 1. The zero-order valence-electron chi connectivity index (χ0n) is 14.9. The molecule has 0 radical (unpaired) electrons. The molecule has 0 amide bonds. The molecule has 1 N–H and O–H groups in total. The van der Waals surface area contributed by atoms with E-state index >= 15 is 0 Å². The van der Waals surface area contributed by atoms with Crippen LogP contribution in [0, 0.1) is 5.92 Å². The van der Waals surface area contributed by atoms with Crippen LogP contribution < -0.4 is 10.1 Å². The van der Waals surface area contributed by atoms with Crippen LogP contribution in [0.2, 0.25) is 0 Å². The maximum atomic E-state index is 5.94. The van der Waals surface area contributed by atoms with E-state index in [1.54, 1.807) is 0 Å². The first-order valence-electron chi connectivity index (χ1n) is 8.78. The topological polar surface area (TPSA) is 37.6 Å². The molecule has 1 saturated carbocycles. The number of hydrogen-bond donors (Lipinski definition) is 1. The van der Waals surface area contributed by atoms with Gasteiger partial charge in [0.2, 0.25) is 0 Å². The summed E-state index contributed by atoms with van der Waals surface area (Å²) in [5, 5.41) is 3.46. The third kappa shape index (κ3) is 4.62. The van der Waals surface area contributed by atoms with Gasteiger partial charge in [-0.05, 0) is 44.6 Å². The van der Waals surface area contributed by atoms with Gasteiger partial charge in [-0.3, -0.25) is 0 Å². The Morgan fingerprint density at radius 2 is 1.96 bits per heavy atom. The van der Waals surface area contributed by atoms with Crippen molar-refractivity contribution in [2.24, 2.45) is 5.92 Å². The lowest BCUT2D eigenvalue weighted by Gasteiger charge is -2.14. The second-order valence-electron chi connectivity index (χ2n) is 6.99. The van der Waals surface area contributed by atoms with Gasteiger partial charge in [0.25, 0.3) is 0 Å². The van der Waals surface area contributed by atoms with Crippen LogP contribution in [0.1, 0.15) is 36.3 Å². The third-order valence-electron chi connectivity index (χ3n) is 4.54. The SMILES string of the molecule is CC1CC1c1ccc(CNCc2ccccc2OCCN(C)C)o1. The van der Waals surface area contributed by atoms with Crippen molar-refractivity contribution in [3.05, 3.63) is 53.5 Å². The summed E-state index contributed by atoms with van der Waals surface area (Å²) in [4.78, 5) is 2.12. The highest BCUT2D eigenvalue weighted by Crippen LogP contribution is 2.47. The van der Waals surface area contributed by atoms with E-state index in [-0.39, 0.29) is 0 Å². The summed E-state index contributed by atoms with van der Waals surface area (Å²) in [5.74, 6) is 4.54. The van der Waals surface area contributed by atoms with Crippen molar-refractivity contribution >= 4 is 0 Å². The quantitative estimate of drug-likeness (QED) is 0.763. The number of likely N-dealkylation sites (N-methyl/N-ethyl adjacent to an activating group) is 1. The minimum absolute atomic E-state index is 0.643. The monoisotopic (exact) mass is 328 g/mol. The van der Waals surface area contributed by atoms with E-state index in [4.69, 9.17) is 9.15 Å². The molecule has 1 aliphatic carbocycles. The van der Waals surface area contributed by atoms with E-state index in [0.717, 1.165) is 42.8 Å². The van der Waals surface area contributed by atoms with E-state index < -0.39 is 0 Å². The van der Waals surface area contributed by atoms with Gasteiger partial charge in [-0.15, -0.1) is 0 Å². The maximum absolute atomic E-state index is 5.94. The second-order valence-corrected chi connectivity index (χ2v) is 6.99. The van der Waals surface area contributed by atoms with E-state index in [1.165, 1.54) is 12.0 Å². The Bertz CT molecular complexity index is 651. The number of ether oxygens (including phenoxy) is 1. The van der Waals surface area contributed by atoms with Gasteiger partial charge in [-0.25, -0.2) is 0 Å². The molecule has 1 aliphatic rings. The highest BCUT2D eigenvalue weighted by molar-refractivity contribution is 5.33. The summed E-state index contributed by atoms with van der Waals surface area (Å²) < 4.78 is 11.8. The van der Waals surface area contributed by atoms with Gasteiger partial charge in [0.1, 0.15) is 23.9 Å². The molecule has 2 atom stereocenters. The fourth-order valence-electron chi connectivity index (χ4n) is 2.86. The van der Waals surface area contributed by atoms with Crippen LogP contribution in [-0.4, -0.2) is 32.1 Å². The predicted octanol–water partition coefficient (Wildman–Crippen LogP) is 3.63. The molecule has 0 saturated heterocycles. The number of hydrogen-bond acceptors (Lipinski definition) is 4. The lowest BCUT2D eigenvalue weighted by molar-refractivity contribution is 0.259. The van der Waals surface area contributed by atoms with Gasteiger partial charge < -0.3 is 19.4 Å². The zero-order valence-corrected chi connectivity index (χ0v) is 14.9. The number of para-hydroxylation sites is 1. The highest BCUT2D eigenvalue weighted by atomic mass is 16.5. The van der Waals surface area contributed by atoms with E-state index in [1.807, 2.05) is 12.1 Å². The number of furan rings is 1. The number of rotatable bonds is 9. The molecule has 1 fully saturated rings. The molecular weight excluding hydrogens is 300 g/mol. The number of nitrogens with zero attached hydrogens (tertiary/aromatic N) is 1. The van der Waals surface area contributed by atoms with Crippen LogP contribution in [0.15, 0.2) is 40.8 Å². The van der Waals surface area contributed by atoms with Crippen LogP contribution in [0.5, 0.6) is 5.75 Å². The van der Waals surface area contributed by atoms with Gasteiger partial charge >= 0.3 is 0 Å². The standard InChI is InChI=1S/C20H28N2O2/c1-15-12-18(15)20-9-8-17(24-20)14-21-13-16-6-4-5-7-19(16)23-11-10-22(2)3/h4-9,15,18,21H,10-14H2,1-3H3. The van der Waals surface area contributed by atoms with Gasteiger partial charge in [0, 0.05) is 24.6 Å². The average molecular weight is 328 g/mol. The molecule has 4 heteroatoms. The largest absolute Gasteiger partial charge is 0.492 e. The van der Waals surface area contributed by atoms with Crippen molar-refractivity contribution in [2.45, 2.75) is 32.4 Å². The molecule has 24 heavy (non-hydrogen) atoms. The van der Waals surface area contributed by atoms with E-state index in [9.17, 15) is 0 Å². The normalized spacial score (nSPS) is 19.7. The highest BCUT2D eigenvalue weighted by Gasteiger charge is 2.36. The lowest BCUT2D eigenvalue weighted by atomic mass is 10.2. The molecule has 0 aliphatic heterocycles. The maximum Gasteiger partial charge on any atom is 0.123 e. The summed E-state index contributed by atoms with van der Waals surface area (Å²) in [6.45, 7) is 5.40. The summed E-state index contributed by atoms with van der Waals surface area (Å²) in [6, 6.07) is 12.4. The molecule has 1 aromatic heterocycles. The summed E-state index contributed by atoms with van der Waals surface area (Å²) in [7, 11) is 4.10. The van der Waals surface area contributed by atoms with Gasteiger partial charge in [0.05, 0.1) is 6.54 Å². The Balaban J connectivity index is 1.48. The van der Waals surface area contributed by atoms with Crippen LogP contribution in [0.4, 0.5) is 0 Å². The average Bonchev–Trinajstić information content (AvgIpc) is 3.10. The second kappa shape index (κ2) is 7.86. The first kappa shape index (κ1) is 17.1. The predicted molar refractivity (Wildman–Crippen MR) is 96.3 cm³/mol. The van der Waals surface area contributed by atoms with Crippen LogP contribution in [0.25, 0.3) is 0 Å². The molecule has 3 rings (SSSR count). The van der Waals surface area contributed by atoms with Crippen molar-refractivity contribution in [2.75, 3.05) is 27.2 Å². The summed E-state index contributed by atoms with van der Waals surface area (Å²) >= 11 is 0. The molecule has 1 aromatic carbocycles. The van der Waals surface area contributed by atoms with Crippen LogP contribution in [-0.2, 0) is 13.1 Å². The van der Waals surface area contributed by atoms with Crippen molar-refractivity contribution in [3.63, 3.8) is 0 Å². The van der Waals surface area contributed by atoms with Crippen molar-refractivity contribution < 1.29 is 9.15 Å². The molecule has 4 nitrogen and oxygen atoms in total. The molecule has 2 aromatic rings. The van der Waals surface area contributed by atoms with E-state index in [2.05, 4.69) is 55.5 Å². The molecule has 2 unspecified atom stereocenters. The van der Waals surface area contributed by atoms with Gasteiger partial charge in [-0.2, -0.15) is 0 Å². The Morgan fingerprint density at radius 1 is 1.17 bits per heavy atom. The summed E-state index contributed by atoms with van der Waals surface area (Å²) in [6.07, 6.45) is 1.26. The van der Waals surface area contributed by atoms with Crippen molar-refractivity contribution in [1.29, 1.82) is 0 Å². The smallest absolute Gasteiger partial charge is 0.123 e. The third-order valence-corrected chi connectivity index (χ3v) is 4.54. The van der Waals surface area contributed by atoms with Crippen molar-refractivity contribution in [3.8, 4) is 5.75 Å².